The molecule has 5 aromatic carbocycles. The molecule has 0 amide bonds. The molecule has 8 rings (SSSR count). The molecule has 3 aromatic heterocycles. The Hall–Kier alpha value is -7.12. The summed E-state index contributed by atoms with van der Waals surface area (Å²) in [7, 11) is -18.2. The van der Waals surface area contributed by atoms with E-state index >= 15 is 0 Å². The predicted molar refractivity (Wildman–Crippen MR) is 285 cm³/mol. The van der Waals surface area contributed by atoms with Crippen LogP contribution >= 0.6 is 23.1 Å². The summed E-state index contributed by atoms with van der Waals surface area (Å²) in [5.74, 6) is -1.28. The Kier molecular flexibility index (Phi) is 16.4. The molecule has 3 heterocycles. The summed E-state index contributed by atoms with van der Waals surface area (Å²) in [6.07, 6.45) is 0.380. The molecular weight excluding hydrogens is 1120 g/mol. The number of benzene rings is 5. The Balaban J connectivity index is 1.20. The topological polar surface area (TPSA) is 384 Å². The average molecular weight is 1170 g/mol. The van der Waals surface area contributed by atoms with Crippen LogP contribution in [0.2, 0.25) is 0 Å². The highest BCUT2D eigenvalue weighted by Gasteiger charge is 2.24. The summed E-state index contributed by atoms with van der Waals surface area (Å²) in [5.41, 5.74) is 2.31. The first-order chi connectivity index (χ1) is 36.3. The molecule has 0 aliphatic heterocycles. The fourth-order valence-corrected chi connectivity index (χ4v) is 11.9. The minimum absolute atomic E-state index is 0.00459. The Bertz CT molecular complexity index is 4290. The van der Waals surface area contributed by atoms with Crippen LogP contribution in [0, 0.1) is 25.2 Å². The van der Waals surface area contributed by atoms with Gasteiger partial charge in [0.25, 0.3) is 40.5 Å². The fourth-order valence-electron chi connectivity index (χ4n) is 7.60. The molecular formula is C46H42N10O15S6. The number of pyridine rings is 1. The number of thiazole rings is 1. The van der Waals surface area contributed by atoms with E-state index in [-0.39, 0.29) is 121 Å². The number of imidazole rings is 1. The first-order valence-corrected chi connectivity index (χ1v) is 30.4. The molecule has 402 valence electrons. The minimum Gasteiger partial charge on any atom is -0.493 e. The van der Waals surface area contributed by atoms with Crippen LogP contribution in [-0.4, -0.2) is 102 Å². The average Bonchev–Trinajstić information content (AvgIpc) is 3.97. The van der Waals surface area contributed by atoms with Crippen molar-refractivity contribution >= 4 is 135 Å². The van der Waals surface area contributed by atoms with E-state index < -0.39 is 61.8 Å². The second kappa shape index (κ2) is 22.5. The molecule has 0 bridgehead atoms. The SMILES string of the molecule is CCCOc1cc(N=Nc2cc(OCCCS(=O)(=O)O)c(N=Nc3c(C)c(C#N)c4nc5ccccc5n4c3O)cc2C)c(SCCCS(=O)(=O)O)cc1N=Nc1nc2c(S(=O)(=O)O)cc3ccc(S(=O)(=O)O)cc3c2s1. The third kappa shape index (κ3) is 13.0. The number of fused-ring (bicyclic) bond motifs is 6. The van der Waals surface area contributed by atoms with Crippen molar-refractivity contribution in [3.8, 4) is 23.4 Å². The standard InChI is InChI=1S/C46H42N10O15S6/c1-4-13-70-38-22-35(39(72-15-8-17-75(61,62)63)23-34(38)52-55-46-49-42-40(77(67,68)69)19-27-11-12-28(76(64,65)66)20-29(27)43(42)73-46)53-50-32-21-37(71-14-7-16-74(58,59)60)33(18-25(32)2)51-54-41-26(3)30(24-47)44-48-31-9-5-6-10-36(31)56(44)45(41)57/h5-6,9-12,18-23,57H,4,7-8,13-17H2,1-3H3,(H,58,59,60)(H,61,62,63)(H,64,65,66)(H,67,68,69). The van der Waals surface area contributed by atoms with Crippen molar-refractivity contribution in [1.82, 2.24) is 14.4 Å². The maximum absolute atomic E-state index is 12.5. The number of rotatable bonds is 21. The normalized spacial score (nSPS) is 12.9. The van der Waals surface area contributed by atoms with Crippen molar-refractivity contribution in [2.45, 2.75) is 54.7 Å². The quantitative estimate of drug-likeness (QED) is 0.0193. The second-order valence-corrected chi connectivity index (χ2v) is 24.8. The Labute approximate surface area is 447 Å². The number of aromatic hydroxyl groups is 1. The van der Waals surface area contributed by atoms with Gasteiger partial charge in [0.05, 0.1) is 51.0 Å². The van der Waals surface area contributed by atoms with E-state index in [0.717, 1.165) is 41.3 Å². The van der Waals surface area contributed by atoms with Gasteiger partial charge in [-0.3, -0.25) is 22.6 Å². The lowest BCUT2D eigenvalue weighted by molar-refractivity contribution is 0.317. The highest BCUT2D eigenvalue weighted by atomic mass is 32.2. The van der Waals surface area contributed by atoms with Crippen molar-refractivity contribution in [1.29, 1.82) is 5.26 Å². The van der Waals surface area contributed by atoms with Crippen LogP contribution in [0.15, 0.2) is 118 Å². The largest absolute Gasteiger partial charge is 0.493 e. The highest BCUT2D eigenvalue weighted by molar-refractivity contribution is 7.99. The molecule has 8 aromatic rings. The molecule has 0 radical (unpaired) electrons. The molecule has 25 nitrogen and oxygen atoms in total. The Morgan fingerprint density at radius 1 is 0.727 bits per heavy atom. The van der Waals surface area contributed by atoms with Gasteiger partial charge in [-0.2, -0.15) is 44.0 Å². The van der Waals surface area contributed by atoms with Crippen LogP contribution in [0.1, 0.15) is 42.9 Å². The van der Waals surface area contributed by atoms with Gasteiger partial charge in [-0.05, 0) is 92.3 Å². The van der Waals surface area contributed by atoms with E-state index in [4.69, 9.17) is 9.47 Å². The summed E-state index contributed by atoms with van der Waals surface area (Å²) in [4.78, 5) is 8.08. The van der Waals surface area contributed by atoms with Crippen molar-refractivity contribution < 1.29 is 66.5 Å². The van der Waals surface area contributed by atoms with Gasteiger partial charge in [-0.1, -0.05) is 36.5 Å². The van der Waals surface area contributed by atoms with Crippen molar-refractivity contribution in [2.24, 2.45) is 30.7 Å². The third-order valence-corrected chi connectivity index (χ3v) is 16.6. The molecule has 0 atom stereocenters. The zero-order valence-corrected chi connectivity index (χ0v) is 45.2. The summed E-state index contributed by atoms with van der Waals surface area (Å²) in [6, 6.07) is 19.5. The fraction of sp³-hybridized carbons (Fsp3) is 0.239. The summed E-state index contributed by atoms with van der Waals surface area (Å²) < 4.78 is 148. The predicted octanol–water partition coefficient (Wildman–Crippen LogP) is 11.0. The molecule has 77 heavy (non-hydrogen) atoms. The summed E-state index contributed by atoms with van der Waals surface area (Å²) in [6.45, 7) is 5.01. The molecule has 0 aliphatic rings. The highest BCUT2D eigenvalue weighted by Crippen LogP contribution is 2.45. The van der Waals surface area contributed by atoms with E-state index in [1.807, 2.05) is 6.92 Å². The number of aryl methyl sites for hydroxylation is 1. The van der Waals surface area contributed by atoms with Gasteiger partial charge in [-0.25, -0.2) is 9.97 Å². The smallest absolute Gasteiger partial charge is 0.296 e. The van der Waals surface area contributed by atoms with Crippen LogP contribution in [0.4, 0.5) is 33.6 Å². The molecule has 0 aliphatic carbocycles. The number of azo groups is 3. The lowest BCUT2D eigenvalue weighted by Gasteiger charge is -2.13. The zero-order chi connectivity index (χ0) is 55.6. The Morgan fingerprint density at radius 3 is 2.06 bits per heavy atom. The monoisotopic (exact) mass is 1170 g/mol. The minimum atomic E-state index is -4.89. The molecule has 0 spiro atoms. The van der Waals surface area contributed by atoms with E-state index in [9.17, 15) is 62.3 Å². The van der Waals surface area contributed by atoms with Crippen LogP contribution in [0.25, 0.3) is 37.7 Å². The van der Waals surface area contributed by atoms with Crippen LogP contribution in [-0.2, 0) is 40.5 Å². The van der Waals surface area contributed by atoms with E-state index in [1.54, 1.807) is 38.1 Å². The zero-order valence-electron chi connectivity index (χ0n) is 40.3. The first kappa shape index (κ1) is 56.1. The van der Waals surface area contributed by atoms with Crippen LogP contribution in [0.5, 0.6) is 17.4 Å². The van der Waals surface area contributed by atoms with Gasteiger partial charge in [-0.15, -0.1) is 37.3 Å². The number of hydrogen-bond donors (Lipinski definition) is 5. The number of ether oxygens (including phenoxy) is 2. The van der Waals surface area contributed by atoms with Gasteiger partial charge in [0.2, 0.25) is 11.0 Å². The third-order valence-electron chi connectivity index (χ3n) is 11.2. The molecule has 31 heteroatoms. The van der Waals surface area contributed by atoms with E-state index in [0.29, 0.717) is 27.9 Å². The Morgan fingerprint density at radius 2 is 1.38 bits per heavy atom. The lowest BCUT2D eigenvalue weighted by Crippen LogP contribution is -2.08. The summed E-state index contributed by atoms with van der Waals surface area (Å²) >= 11 is 1.91. The molecule has 0 fully saturated rings. The number of aromatic nitrogens is 3. The molecule has 0 saturated carbocycles. The number of nitriles is 1. The van der Waals surface area contributed by atoms with E-state index in [2.05, 4.69) is 46.7 Å². The molecule has 5 N–H and O–H groups in total. The van der Waals surface area contributed by atoms with Crippen molar-refractivity contribution in [2.75, 3.05) is 30.5 Å². The van der Waals surface area contributed by atoms with Gasteiger partial charge in [0.15, 0.2) is 11.3 Å². The van der Waals surface area contributed by atoms with Crippen LogP contribution in [0.3, 0.4) is 0 Å². The van der Waals surface area contributed by atoms with E-state index in [1.165, 1.54) is 34.7 Å². The van der Waals surface area contributed by atoms with Crippen molar-refractivity contribution in [3.63, 3.8) is 0 Å². The summed E-state index contributed by atoms with van der Waals surface area (Å²) in [5, 5.41) is 48.3. The maximum atomic E-state index is 12.5. The van der Waals surface area contributed by atoms with Gasteiger partial charge in [0.1, 0.15) is 50.6 Å². The number of hydrogen-bond acceptors (Lipinski definition) is 22. The lowest BCUT2D eigenvalue weighted by atomic mass is 10.1. The maximum Gasteiger partial charge on any atom is 0.296 e. The first-order valence-electron chi connectivity index (χ1n) is 22.5. The number of nitrogens with zero attached hydrogens (tertiary/aromatic N) is 10. The van der Waals surface area contributed by atoms with Gasteiger partial charge >= 0.3 is 0 Å². The number of thioether (sulfide) groups is 1. The second-order valence-electron chi connectivity index (χ2n) is 16.7. The van der Waals surface area contributed by atoms with Crippen LogP contribution < -0.4 is 9.47 Å². The number of para-hydroxylation sites is 2. The molecule has 0 saturated heterocycles. The van der Waals surface area contributed by atoms with Crippen molar-refractivity contribution in [3.05, 3.63) is 89.5 Å². The van der Waals surface area contributed by atoms with Gasteiger partial charge in [0, 0.05) is 28.0 Å². The molecule has 0 unspecified atom stereocenters. The van der Waals surface area contributed by atoms with Gasteiger partial charge < -0.3 is 14.6 Å².